The average Bonchev–Trinajstić information content (AvgIpc) is 2.49. The Bertz CT molecular complexity index is 415. The van der Waals surface area contributed by atoms with Gasteiger partial charge in [0.05, 0.1) is 12.1 Å². The lowest BCUT2D eigenvalue weighted by atomic mass is 9.93. The SMILES string of the molecule is CCNC1c2ccccc2OCC1N1CCCCC1. The summed E-state index contributed by atoms with van der Waals surface area (Å²) in [6.45, 7) is 6.44. The summed E-state index contributed by atoms with van der Waals surface area (Å²) in [6.07, 6.45) is 4.04. The summed E-state index contributed by atoms with van der Waals surface area (Å²) in [5.74, 6) is 1.06. The van der Waals surface area contributed by atoms with Crippen molar-refractivity contribution in [3.8, 4) is 5.75 Å². The lowest BCUT2D eigenvalue weighted by molar-refractivity contribution is 0.0712. The van der Waals surface area contributed by atoms with Crippen LogP contribution in [0.3, 0.4) is 0 Å². The molecule has 104 valence electrons. The van der Waals surface area contributed by atoms with Gasteiger partial charge in [-0.05, 0) is 38.5 Å². The van der Waals surface area contributed by atoms with Gasteiger partial charge in [0, 0.05) is 5.56 Å². The van der Waals surface area contributed by atoms with Crippen LogP contribution in [0.5, 0.6) is 5.75 Å². The molecule has 0 bridgehead atoms. The molecule has 0 saturated carbocycles. The molecule has 2 heterocycles. The number of likely N-dealkylation sites (tertiary alicyclic amines) is 1. The topological polar surface area (TPSA) is 24.5 Å². The second kappa shape index (κ2) is 5.93. The number of ether oxygens (including phenoxy) is 1. The number of likely N-dealkylation sites (N-methyl/N-ethyl adjacent to an activating group) is 1. The van der Waals surface area contributed by atoms with Gasteiger partial charge in [-0.2, -0.15) is 0 Å². The van der Waals surface area contributed by atoms with Gasteiger partial charge in [-0.15, -0.1) is 0 Å². The fraction of sp³-hybridized carbons (Fsp3) is 0.625. The molecule has 0 spiro atoms. The first-order valence-electron chi connectivity index (χ1n) is 7.59. The van der Waals surface area contributed by atoms with Gasteiger partial charge < -0.3 is 10.1 Å². The van der Waals surface area contributed by atoms with Gasteiger partial charge in [-0.25, -0.2) is 0 Å². The number of hydrogen-bond donors (Lipinski definition) is 1. The van der Waals surface area contributed by atoms with Crippen LogP contribution in [0.1, 0.15) is 37.8 Å². The maximum absolute atomic E-state index is 5.98. The standard InChI is InChI=1S/C16H24N2O/c1-2-17-16-13-8-4-5-9-15(13)19-12-14(16)18-10-6-3-7-11-18/h4-5,8-9,14,16-17H,2-3,6-7,10-12H2,1H3. The van der Waals surface area contributed by atoms with Crippen molar-refractivity contribution in [2.45, 2.75) is 38.3 Å². The maximum atomic E-state index is 5.98. The average molecular weight is 260 g/mol. The number of piperidine rings is 1. The summed E-state index contributed by atoms with van der Waals surface area (Å²) in [5, 5.41) is 3.67. The Labute approximate surface area is 115 Å². The van der Waals surface area contributed by atoms with Crippen LogP contribution in [0.25, 0.3) is 0 Å². The predicted molar refractivity (Wildman–Crippen MR) is 77.6 cm³/mol. The second-order valence-electron chi connectivity index (χ2n) is 5.55. The van der Waals surface area contributed by atoms with Gasteiger partial charge in [0.25, 0.3) is 0 Å². The third kappa shape index (κ3) is 2.63. The molecule has 3 rings (SSSR count). The van der Waals surface area contributed by atoms with E-state index < -0.39 is 0 Å². The fourth-order valence-electron chi connectivity index (χ4n) is 3.38. The third-order valence-electron chi connectivity index (χ3n) is 4.33. The Kier molecular flexibility index (Phi) is 4.04. The van der Waals surface area contributed by atoms with Crippen LogP contribution in [0.4, 0.5) is 0 Å². The first kappa shape index (κ1) is 12.9. The van der Waals surface area contributed by atoms with E-state index in [0.717, 1.165) is 18.9 Å². The van der Waals surface area contributed by atoms with E-state index in [1.165, 1.54) is 37.9 Å². The van der Waals surface area contributed by atoms with Crippen molar-refractivity contribution in [1.29, 1.82) is 0 Å². The molecule has 0 aromatic heterocycles. The van der Waals surface area contributed by atoms with Crippen LogP contribution in [-0.2, 0) is 0 Å². The fourth-order valence-corrected chi connectivity index (χ4v) is 3.38. The van der Waals surface area contributed by atoms with Crippen LogP contribution in [0.15, 0.2) is 24.3 Å². The van der Waals surface area contributed by atoms with Gasteiger partial charge in [0.15, 0.2) is 0 Å². The molecule has 0 aliphatic carbocycles. The Hall–Kier alpha value is -1.06. The molecule has 1 N–H and O–H groups in total. The number of benzene rings is 1. The molecular formula is C16H24N2O. The Balaban J connectivity index is 1.84. The van der Waals surface area contributed by atoms with Crippen LogP contribution in [0.2, 0.25) is 0 Å². The minimum atomic E-state index is 0.410. The molecule has 1 saturated heterocycles. The van der Waals surface area contributed by atoms with E-state index in [0.29, 0.717) is 12.1 Å². The number of nitrogens with one attached hydrogen (secondary N) is 1. The van der Waals surface area contributed by atoms with E-state index in [9.17, 15) is 0 Å². The quantitative estimate of drug-likeness (QED) is 0.904. The Morgan fingerprint density at radius 2 is 2.00 bits per heavy atom. The number of nitrogens with zero attached hydrogens (tertiary/aromatic N) is 1. The van der Waals surface area contributed by atoms with Gasteiger partial charge in [0.2, 0.25) is 0 Å². The van der Waals surface area contributed by atoms with E-state index >= 15 is 0 Å². The second-order valence-corrected chi connectivity index (χ2v) is 5.55. The third-order valence-corrected chi connectivity index (χ3v) is 4.33. The van der Waals surface area contributed by atoms with Crippen molar-refractivity contribution in [2.75, 3.05) is 26.2 Å². The molecule has 0 amide bonds. The summed E-state index contributed by atoms with van der Waals surface area (Å²) >= 11 is 0. The first-order valence-corrected chi connectivity index (χ1v) is 7.59. The highest BCUT2D eigenvalue weighted by Gasteiger charge is 2.34. The van der Waals surface area contributed by atoms with Crippen molar-refractivity contribution < 1.29 is 4.74 Å². The van der Waals surface area contributed by atoms with Crippen molar-refractivity contribution in [2.24, 2.45) is 0 Å². The van der Waals surface area contributed by atoms with Crippen LogP contribution in [-0.4, -0.2) is 37.2 Å². The molecule has 1 fully saturated rings. The molecule has 2 aliphatic heterocycles. The Morgan fingerprint density at radius 1 is 1.21 bits per heavy atom. The maximum Gasteiger partial charge on any atom is 0.124 e. The summed E-state index contributed by atoms with van der Waals surface area (Å²) in [7, 11) is 0. The highest BCUT2D eigenvalue weighted by molar-refractivity contribution is 5.38. The molecule has 2 aliphatic rings. The van der Waals surface area contributed by atoms with Gasteiger partial charge in [0.1, 0.15) is 12.4 Å². The largest absolute Gasteiger partial charge is 0.492 e. The summed E-state index contributed by atoms with van der Waals surface area (Å²) in [4.78, 5) is 2.62. The van der Waals surface area contributed by atoms with Gasteiger partial charge in [-0.1, -0.05) is 31.5 Å². The van der Waals surface area contributed by atoms with E-state index in [4.69, 9.17) is 4.74 Å². The van der Waals surface area contributed by atoms with E-state index in [1.807, 2.05) is 0 Å². The number of para-hydroxylation sites is 1. The normalized spacial score (nSPS) is 27.6. The number of rotatable bonds is 3. The van der Waals surface area contributed by atoms with Crippen LogP contribution >= 0.6 is 0 Å². The zero-order chi connectivity index (χ0) is 13.1. The highest BCUT2D eigenvalue weighted by Crippen LogP contribution is 2.34. The molecule has 2 unspecified atom stereocenters. The monoisotopic (exact) mass is 260 g/mol. The summed E-state index contributed by atoms with van der Waals surface area (Å²) in [6, 6.07) is 9.36. The number of hydrogen-bond acceptors (Lipinski definition) is 3. The van der Waals surface area contributed by atoms with Crippen LogP contribution < -0.4 is 10.1 Å². The van der Waals surface area contributed by atoms with Crippen LogP contribution in [0, 0.1) is 0 Å². The number of fused-ring (bicyclic) bond motifs is 1. The highest BCUT2D eigenvalue weighted by atomic mass is 16.5. The predicted octanol–water partition coefficient (Wildman–Crippen LogP) is 2.58. The zero-order valence-electron chi connectivity index (χ0n) is 11.8. The lowest BCUT2D eigenvalue weighted by Crippen LogP contribution is -2.51. The van der Waals surface area contributed by atoms with E-state index in [-0.39, 0.29) is 0 Å². The van der Waals surface area contributed by atoms with E-state index in [2.05, 4.69) is 41.4 Å². The van der Waals surface area contributed by atoms with Crippen molar-refractivity contribution >= 4 is 0 Å². The lowest BCUT2D eigenvalue weighted by Gasteiger charge is -2.42. The van der Waals surface area contributed by atoms with Crippen molar-refractivity contribution in [3.05, 3.63) is 29.8 Å². The van der Waals surface area contributed by atoms with Crippen molar-refractivity contribution in [1.82, 2.24) is 10.2 Å². The minimum absolute atomic E-state index is 0.410. The summed E-state index contributed by atoms with van der Waals surface area (Å²) in [5.41, 5.74) is 1.33. The molecule has 0 radical (unpaired) electrons. The molecule has 2 atom stereocenters. The molecule has 3 heteroatoms. The molecule has 19 heavy (non-hydrogen) atoms. The van der Waals surface area contributed by atoms with Gasteiger partial charge >= 0.3 is 0 Å². The van der Waals surface area contributed by atoms with Crippen molar-refractivity contribution in [3.63, 3.8) is 0 Å². The van der Waals surface area contributed by atoms with E-state index in [1.54, 1.807) is 0 Å². The molecular weight excluding hydrogens is 236 g/mol. The first-order chi connectivity index (χ1) is 9.40. The molecule has 1 aromatic carbocycles. The minimum Gasteiger partial charge on any atom is -0.492 e. The zero-order valence-corrected chi connectivity index (χ0v) is 11.8. The Morgan fingerprint density at radius 3 is 2.79 bits per heavy atom. The smallest absolute Gasteiger partial charge is 0.124 e. The molecule has 3 nitrogen and oxygen atoms in total. The summed E-state index contributed by atoms with van der Waals surface area (Å²) < 4.78 is 5.98. The van der Waals surface area contributed by atoms with Gasteiger partial charge in [-0.3, -0.25) is 4.90 Å². The molecule has 1 aromatic rings.